The molecular weight excluding hydrogens is 292 g/mol. The quantitative estimate of drug-likeness (QED) is 0.536. The van der Waals surface area contributed by atoms with Gasteiger partial charge in [0.15, 0.2) is 0 Å². The Morgan fingerprint density at radius 2 is 1.52 bits per heavy atom. The van der Waals surface area contributed by atoms with Gasteiger partial charge >= 0.3 is 0 Å². The lowest BCUT2D eigenvalue weighted by Gasteiger charge is -2.05. The predicted octanol–water partition coefficient (Wildman–Crippen LogP) is 2.76. The number of carbonyl (C=O) groups excluding carboxylic acids is 2. The third-order valence-electron chi connectivity index (χ3n) is 3.27. The Morgan fingerprint density at radius 3 is 2.13 bits per heavy atom. The van der Waals surface area contributed by atoms with E-state index in [0.717, 1.165) is 10.7 Å². The van der Waals surface area contributed by atoms with Gasteiger partial charge in [-0.25, -0.2) is 0 Å². The van der Waals surface area contributed by atoms with Crippen LogP contribution in [0.2, 0.25) is 0 Å². The molecule has 0 aliphatic carbocycles. The number of anilines is 1. The Balaban J connectivity index is 1.71. The normalized spacial score (nSPS) is 14.5. The lowest BCUT2D eigenvalue weighted by Crippen LogP contribution is -2.24. The number of nitrogens with one attached hydrogen (secondary N) is 1. The van der Waals surface area contributed by atoms with Crippen molar-refractivity contribution in [2.24, 2.45) is 10.2 Å². The maximum absolute atomic E-state index is 12.1. The lowest BCUT2D eigenvalue weighted by molar-refractivity contribution is 0.0660. The van der Waals surface area contributed by atoms with Gasteiger partial charge in [-0.2, -0.15) is 15.2 Å². The van der Waals surface area contributed by atoms with Gasteiger partial charge in [0.1, 0.15) is 0 Å². The predicted molar refractivity (Wildman–Crippen MR) is 88.6 cm³/mol. The van der Waals surface area contributed by atoms with E-state index in [1.165, 1.54) is 6.21 Å². The summed E-state index contributed by atoms with van der Waals surface area (Å²) in [6.45, 7) is 1.72. The number of hydrazone groups is 2. The van der Waals surface area contributed by atoms with Crippen LogP contribution in [-0.4, -0.2) is 28.7 Å². The molecule has 0 radical (unpaired) electrons. The summed E-state index contributed by atoms with van der Waals surface area (Å²) in [5.74, 6) is -0.851. The second-order valence-electron chi connectivity index (χ2n) is 4.94. The molecule has 0 bridgehead atoms. The van der Waals surface area contributed by atoms with Gasteiger partial charge < -0.3 is 0 Å². The van der Waals surface area contributed by atoms with Gasteiger partial charge in [-0.1, -0.05) is 30.3 Å². The number of nitrogens with zero attached hydrogens (tertiary/aromatic N) is 3. The number of hydrogen-bond donors (Lipinski definition) is 1. The van der Waals surface area contributed by atoms with Crippen molar-refractivity contribution >= 4 is 29.4 Å². The van der Waals surface area contributed by atoms with Crippen molar-refractivity contribution in [3.8, 4) is 0 Å². The number of para-hydroxylation sites is 1. The maximum Gasteiger partial charge on any atom is 0.282 e. The van der Waals surface area contributed by atoms with Crippen LogP contribution in [0.5, 0.6) is 0 Å². The number of amides is 2. The van der Waals surface area contributed by atoms with Crippen molar-refractivity contribution in [3.63, 3.8) is 0 Å². The lowest BCUT2D eigenvalue weighted by atomic mass is 10.1. The fourth-order valence-corrected chi connectivity index (χ4v) is 2.12. The summed E-state index contributed by atoms with van der Waals surface area (Å²) < 4.78 is 0. The van der Waals surface area contributed by atoms with Crippen LogP contribution in [0.3, 0.4) is 0 Å². The van der Waals surface area contributed by atoms with Crippen molar-refractivity contribution < 1.29 is 9.59 Å². The Kier molecular flexibility index (Phi) is 3.97. The third-order valence-corrected chi connectivity index (χ3v) is 3.27. The molecule has 0 saturated carbocycles. The largest absolute Gasteiger partial charge is 0.282 e. The number of rotatable bonds is 4. The molecule has 0 atom stereocenters. The first-order valence-electron chi connectivity index (χ1n) is 7.04. The van der Waals surface area contributed by atoms with Crippen molar-refractivity contribution in [1.82, 2.24) is 5.01 Å². The van der Waals surface area contributed by atoms with Crippen LogP contribution in [0.4, 0.5) is 5.69 Å². The highest BCUT2D eigenvalue weighted by atomic mass is 16.2. The summed E-state index contributed by atoms with van der Waals surface area (Å²) in [5, 5.41) is 8.93. The van der Waals surface area contributed by atoms with E-state index in [2.05, 4.69) is 15.6 Å². The highest BCUT2D eigenvalue weighted by molar-refractivity contribution is 6.30. The molecule has 3 rings (SSSR count). The number of hydrogen-bond acceptors (Lipinski definition) is 5. The van der Waals surface area contributed by atoms with E-state index < -0.39 is 11.8 Å². The van der Waals surface area contributed by atoms with Crippen molar-refractivity contribution in [2.45, 2.75) is 6.92 Å². The van der Waals surface area contributed by atoms with E-state index in [0.29, 0.717) is 16.8 Å². The first kappa shape index (κ1) is 14.6. The first-order chi connectivity index (χ1) is 11.2. The van der Waals surface area contributed by atoms with E-state index >= 15 is 0 Å². The summed E-state index contributed by atoms with van der Waals surface area (Å²) in [6.07, 6.45) is 1.37. The Bertz CT molecular complexity index is 777. The fourth-order valence-electron chi connectivity index (χ4n) is 2.12. The van der Waals surface area contributed by atoms with E-state index in [9.17, 15) is 9.59 Å². The van der Waals surface area contributed by atoms with Crippen LogP contribution < -0.4 is 5.43 Å². The van der Waals surface area contributed by atoms with Gasteiger partial charge in [0.05, 0.1) is 28.7 Å². The molecule has 0 saturated heterocycles. The van der Waals surface area contributed by atoms with Crippen LogP contribution in [-0.2, 0) is 0 Å². The average Bonchev–Trinajstić information content (AvgIpc) is 2.83. The topological polar surface area (TPSA) is 74.1 Å². The molecule has 6 heteroatoms. The van der Waals surface area contributed by atoms with Gasteiger partial charge in [-0.05, 0) is 31.2 Å². The molecule has 1 N–H and O–H groups in total. The maximum atomic E-state index is 12.1. The molecule has 114 valence electrons. The second kappa shape index (κ2) is 6.23. The molecule has 2 aromatic rings. The molecule has 0 aromatic heterocycles. The van der Waals surface area contributed by atoms with E-state index in [1.807, 2.05) is 30.3 Å². The Morgan fingerprint density at radius 1 is 0.957 bits per heavy atom. The minimum Gasteiger partial charge on any atom is -0.278 e. The molecule has 2 amide bonds. The standard InChI is InChI=1S/C17H14N4O2/c1-12(19-20-13-7-3-2-4-8-13)11-18-21-16(22)14-9-5-6-10-15(14)17(21)23/h2-11,20H,1H3. The van der Waals surface area contributed by atoms with Gasteiger partial charge in [-0.3, -0.25) is 15.0 Å². The summed E-state index contributed by atoms with van der Waals surface area (Å²) in [4.78, 5) is 24.3. The molecule has 0 unspecified atom stereocenters. The van der Waals surface area contributed by atoms with Crippen LogP contribution in [0.1, 0.15) is 27.6 Å². The van der Waals surface area contributed by atoms with Crippen molar-refractivity contribution in [1.29, 1.82) is 0 Å². The zero-order valence-corrected chi connectivity index (χ0v) is 12.4. The minimum atomic E-state index is -0.425. The summed E-state index contributed by atoms with van der Waals surface area (Å²) in [5.41, 5.74) is 4.97. The number of benzene rings is 2. The minimum absolute atomic E-state index is 0.367. The molecule has 1 aliphatic heterocycles. The monoisotopic (exact) mass is 306 g/mol. The van der Waals surface area contributed by atoms with Crippen molar-refractivity contribution in [2.75, 3.05) is 5.43 Å². The molecule has 1 heterocycles. The van der Waals surface area contributed by atoms with Crippen LogP contribution in [0.25, 0.3) is 0 Å². The Hall–Kier alpha value is -3.28. The van der Waals surface area contributed by atoms with Crippen LogP contribution >= 0.6 is 0 Å². The zero-order valence-electron chi connectivity index (χ0n) is 12.4. The Labute approximate surface area is 133 Å². The average molecular weight is 306 g/mol. The SMILES string of the molecule is CC(C=NN1C(=O)c2ccccc2C1=O)=NNc1ccccc1. The molecule has 23 heavy (non-hydrogen) atoms. The van der Waals surface area contributed by atoms with E-state index in [-0.39, 0.29) is 0 Å². The van der Waals surface area contributed by atoms with Gasteiger partial charge in [-0.15, -0.1) is 0 Å². The van der Waals surface area contributed by atoms with Crippen LogP contribution in [0.15, 0.2) is 64.8 Å². The molecular formula is C17H14N4O2. The number of fused-ring (bicyclic) bond motifs is 1. The number of carbonyl (C=O) groups is 2. The third kappa shape index (κ3) is 3.01. The molecule has 0 spiro atoms. The second-order valence-corrected chi connectivity index (χ2v) is 4.94. The van der Waals surface area contributed by atoms with Crippen molar-refractivity contribution in [3.05, 3.63) is 65.7 Å². The van der Waals surface area contributed by atoms with Gasteiger partial charge in [0, 0.05) is 0 Å². The van der Waals surface area contributed by atoms with Crippen LogP contribution in [0, 0.1) is 0 Å². The van der Waals surface area contributed by atoms with E-state index in [1.54, 1.807) is 31.2 Å². The first-order valence-corrected chi connectivity index (χ1v) is 7.04. The fraction of sp³-hybridized carbons (Fsp3) is 0.0588. The summed E-state index contributed by atoms with van der Waals surface area (Å²) >= 11 is 0. The summed E-state index contributed by atoms with van der Waals surface area (Å²) in [7, 11) is 0. The smallest absolute Gasteiger partial charge is 0.278 e. The summed E-state index contributed by atoms with van der Waals surface area (Å²) in [6, 6.07) is 16.1. The highest BCUT2D eigenvalue weighted by Crippen LogP contribution is 2.22. The molecule has 1 aliphatic rings. The molecule has 2 aromatic carbocycles. The molecule has 0 fully saturated rings. The van der Waals surface area contributed by atoms with E-state index in [4.69, 9.17) is 0 Å². The molecule has 6 nitrogen and oxygen atoms in total. The number of imide groups is 1. The highest BCUT2D eigenvalue weighted by Gasteiger charge is 2.35. The van der Waals surface area contributed by atoms with Gasteiger partial charge in [0.25, 0.3) is 11.8 Å². The van der Waals surface area contributed by atoms with Gasteiger partial charge in [0.2, 0.25) is 0 Å². The zero-order chi connectivity index (χ0) is 16.2.